The average Bonchev–Trinajstić information content (AvgIpc) is 2.48. The molecule has 0 unspecified atom stereocenters. The third-order valence-electron chi connectivity index (χ3n) is 3.21. The average molecular weight is 294 g/mol. The minimum atomic E-state index is -0.0205. The molecule has 0 saturated carbocycles. The molecule has 0 atom stereocenters. The number of carbonyl (C=O) groups is 1. The number of nitrogens with zero attached hydrogens (tertiary/aromatic N) is 2. The van der Waals surface area contributed by atoms with Crippen LogP contribution in [-0.4, -0.2) is 10.9 Å². The number of pyridine rings is 1. The summed E-state index contributed by atoms with van der Waals surface area (Å²) in [4.78, 5) is 15.6. The number of hydrogen-bond donors (Lipinski definition) is 2. The van der Waals surface area contributed by atoms with Crippen LogP contribution in [-0.2, 0) is 4.79 Å². The molecule has 0 saturated heterocycles. The fourth-order valence-corrected chi connectivity index (χ4v) is 2.11. The largest absolute Gasteiger partial charge is 0.354 e. The van der Waals surface area contributed by atoms with Gasteiger partial charge in [0.25, 0.3) is 0 Å². The number of aryl methyl sites for hydroxylation is 2. The Morgan fingerprint density at radius 2 is 1.86 bits per heavy atom. The molecular formula is C17H18N4O. The van der Waals surface area contributed by atoms with E-state index in [1.165, 1.54) is 0 Å². The van der Waals surface area contributed by atoms with E-state index < -0.39 is 0 Å². The van der Waals surface area contributed by atoms with Crippen LogP contribution in [0.5, 0.6) is 0 Å². The first-order valence-electron chi connectivity index (χ1n) is 7.08. The van der Waals surface area contributed by atoms with Crippen molar-refractivity contribution < 1.29 is 4.79 Å². The van der Waals surface area contributed by atoms with Crippen LogP contribution in [0, 0.1) is 25.2 Å². The van der Waals surface area contributed by atoms with Gasteiger partial charge in [0, 0.05) is 23.5 Å². The van der Waals surface area contributed by atoms with Gasteiger partial charge in [-0.25, -0.2) is 0 Å². The summed E-state index contributed by atoms with van der Waals surface area (Å²) in [6, 6.07) is 11.4. The fourth-order valence-electron chi connectivity index (χ4n) is 2.11. The molecule has 112 valence electrons. The van der Waals surface area contributed by atoms with Crippen molar-refractivity contribution in [2.75, 3.05) is 10.6 Å². The summed E-state index contributed by atoms with van der Waals surface area (Å²) in [5.74, 6) is -0.0205. The lowest BCUT2D eigenvalue weighted by Gasteiger charge is -2.11. The number of amides is 1. The van der Waals surface area contributed by atoms with E-state index in [2.05, 4.69) is 21.7 Å². The first-order valence-corrected chi connectivity index (χ1v) is 7.08. The first-order chi connectivity index (χ1) is 10.5. The summed E-state index contributed by atoms with van der Waals surface area (Å²) >= 11 is 0. The maximum atomic E-state index is 11.3. The summed E-state index contributed by atoms with van der Waals surface area (Å²) < 4.78 is 0. The normalized spacial score (nSPS) is 9.91. The van der Waals surface area contributed by atoms with Gasteiger partial charge < -0.3 is 10.6 Å². The molecule has 0 aliphatic heterocycles. The molecule has 0 bridgehead atoms. The number of carbonyl (C=O) groups excluding carboxylic acids is 1. The molecule has 5 heteroatoms. The SMILES string of the molecule is CCC(=O)Nc1ccc(Nc2cc(C)nc(C)c2C#N)cc1. The van der Waals surface area contributed by atoms with Crippen molar-refractivity contribution in [3.8, 4) is 6.07 Å². The van der Waals surface area contributed by atoms with Gasteiger partial charge in [-0.05, 0) is 44.2 Å². The lowest BCUT2D eigenvalue weighted by Crippen LogP contribution is -2.09. The Hall–Kier alpha value is -2.87. The highest BCUT2D eigenvalue weighted by molar-refractivity contribution is 5.90. The van der Waals surface area contributed by atoms with E-state index in [9.17, 15) is 10.1 Å². The van der Waals surface area contributed by atoms with Gasteiger partial charge in [-0.3, -0.25) is 9.78 Å². The second kappa shape index (κ2) is 6.72. The fraction of sp³-hybridized carbons (Fsp3) is 0.235. The van der Waals surface area contributed by atoms with E-state index in [1.807, 2.05) is 51.1 Å². The summed E-state index contributed by atoms with van der Waals surface area (Å²) in [5, 5.41) is 15.3. The summed E-state index contributed by atoms with van der Waals surface area (Å²) in [6.45, 7) is 5.52. The van der Waals surface area contributed by atoms with Gasteiger partial charge in [0.2, 0.25) is 5.91 Å². The van der Waals surface area contributed by atoms with Crippen LogP contribution in [0.1, 0.15) is 30.3 Å². The molecule has 1 aromatic heterocycles. The predicted molar refractivity (Wildman–Crippen MR) is 87.1 cm³/mol. The van der Waals surface area contributed by atoms with Crippen LogP contribution in [0.25, 0.3) is 0 Å². The molecule has 2 aromatic rings. The van der Waals surface area contributed by atoms with E-state index in [0.29, 0.717) is 17.7 Å². The molecule has 1 aromatic carbocycles. The number of anilines is 3. The minimum Gasteiger partial charge on any atom is -0.354 e. The van der Waals surface area contributed by atoms with E-state index in [1.54, 1.807) is 0 Å². The highest BCUT2D eigenvalue weighted by Crippen LogP contribution is 2.24. The lowest BCUT2D eigenvalue weighted by molar-refractivity contribution is -0.115. The smallest absolute Gasteiger partial charge is 0.224 e. The molecule has 0 fully saturated rings. The van der Waals surface area contributed by atoms with Crippen molar-refractivity contribution in [1.82, 2.24) is 4.98 Å². The Bertz CT molecular complexity index is 730. The molecule has 0 radical (unpaired) electrons. The summed E-state index contributed by atoms with van der Waals surface area (Å²) in [5.41, 5.74) is 4.42. The van der Waals surface area contributed by atoms with Crippen molar-refractivity contribution in [2.24, 2.45) is 0 Å². The third-order valence-corrected chi connectivity index (χ3v) is 3.21. The maximum Gasteiger partial charge on any atom is 0.224 e. The van der Waals surface area contributed by atoms with Gasteiger partial charge >= 0.3 is 0 Å². The second-order valence-corrected chi connectivity index (χ2v) is 4.99. The van der Waals surface area contributed by atoms with Crippen LogP contribution in [0.4, 0.5) is 17.1 Å². The van der Waals surface area contributed by atoms with Gasteiger partial charge in [-0.1, -0.05) is 6.92 Å². The molecular weight excluding hydrogens is 276 g/mol. The van der Waals surface area contributed by atoms with E-state index >= 15 is 0 Å². The molecule has 1 heterocycles. The second-order valence-electron chi connectivity index (χ2n) is 4.99. The zero-order chi connectivity index (χ0) is 16.1. The minimum absolute atomic E-state index is 0.0205. The number of aromatic nitrogens is 1. The van der Waals surface area contributed by atoms with Crippen molar-refractivity contribution in [1.29, 1.82) is 5.26 Å². The molecule has 0 aliphatic rings. The van der Waals surface area contributed by atoms with Crippen LogP contribution in [0.15, 0.2) is 30.3 Å². The van der Waals surface area contributed by atoms with Crippen molar-refractivity contribution in [3.63, 3.8) is 0 Å². The van der Waals surface area contributed by atoms with Gasteiger partial charge in [-0.2, -0.15) is 5.26 Å². The zero-order valence-corrected chi connectivity index (χ0v) is 12.9. The lowest BCUT2D eigenvalue weighted by atomic mass is 10.1. The van der Waals surface area contributed by atoms with Gasteiger partial charge in [0.05, 0.1) is 16.9 Å². The predicted octanol–water partition coefficient (Wildman–Crippen LogP) is 3.66. The van der Waals surface area contributed by atoms with Crippen LogP contribution < -0.4 is 10.6 Å². The number of benzene rings is 1. The molecule has 0 aliphatic carbocycles. The monoisotopic (exact) mass is 294 g/mol. The molecule has 2 N–H and O–H groups in total. The first kappa shape index (κ1) is 15.5. The Morgan fingerprint density at radius 1 is 1.23 bits per heavy atom. The molecule has 5 nitrogen and oxygen atoms in total. The molecule has 2 rings (SSSR count). The molecule has 22 heavy (non-hydrogen) atoms. The summed E-state index contributed by atoms with van der Waals surface area (Å²) in [6.07, 6.45) is 0.446. The number of nitrogens with one attached hydrogen (secondary N) is 2. The van der Waals surface area contributed by atoms with Crippen LogP contribution in [0.3, 0.4) is 0 Å². The van der Waals surface area contributed by atoms with Gasteiger partial charge in [0.15, 0.2) is 0 Å². The highest BCUT2D eigenvalue weighted by atomic mass is 16.1. The van der Waals surface area contributed by atoms with E-state index in [-0.39, 0.29) is 5.91 Å². The maximum absolute atomic E-state index is 11.3. The zero-order valence-electron chi connectivity index (χ0n) is 12.9. The Kier molecular flexibility index (Phi) is 4.74. The third kappa shape index (κ3) is 3.61. The number of hydrogen-bond acceptors (Lipinski definition) is 4. The highest BCUT2D eigenvalue weighted by Gasteiger charge is 2.08. The molecule has 1 amide bonds. The Balaban J connectivity index is 2.21. The standard InChI is InChI=1S/C17H18N4O/c1-4-17(22)21-14-7-5-13(6-8-14)20-16-9-11(2)19-12(3)15(16)10-18/h5-9H,4H2,1-3H3,(H,19,20)(H,21,22). The van der Waals surface area contributed by atoms with Crippen molar-refractivity contribution in [2.45, 2.75) is 27.2 Å². The Labute approximate surface area is 130 Å². The van der Waals surface area contributed by atoms with Crippen LogP contribution >= 0.6 is 0 Å². The number of nitriles is 1. The van der Waals surface area contributed by atoms with Crippen molar-refractivity contribution >= 4 is 23.0 Å². The van der Waals surface area contributed by atoms with Crippen LogP contribution in [0.2, 0.25) is 0 Å². The molecule has 0 spiro atoms. The topological polar surface area (TPSA) is 77.8 Å². The summed E-state index contributed by atoms with van der Waals surface area (Å²) in [7, 11) is 0. The Morgan fingerprint density at radius 3 is 2.45 bits per heavy atom. The van der Waals surface area contributed by atoms with Gasteiger partial charge in [-0.15, -0.1) is 0 Å². The quantitative estimate of drug-likeness (QED) is 0.902. The number of rotatable bonds is 4. The van der Waals surface area contributed by atoms with E-state index in [0.717, 1.165) is 22.8 Å². The van der Waals surface area contributed by atoms with Crippen molar-refractivity contribution in [3.05, 3.63) is 47.3 Å². The van der Waals surface area contributed by atoms with Gasteiger partial charge in [0.1, 0.15) is 6.07 Å². The van der Waals surface area contributed by atoms with E-state index in [4.69, 9.17) is 0 Å².